The van der Waals surface area contributed by atoms with Crippen LogP contribution in [0.2, 0.25) is 0 Å². The fourth-order valence-corrected chi connectivity index (χ4v) is 5.80. The van der Waals surface area contributed by atoms with Crippen LogP contribution in [0, 0.1) is 22.7 Å². The summed E-state index contributed by atoms with van der Waals surface area (Å²) in [6, 6.07) is 0. The Morgan fingerprint density at radius 2 is 1.82 bits per heavy atom. The minimum Gasteiger partial charge on any atom is -0.390 e. The van der Waals surface area contributed by atoms with E-state index in [0.29, 0.717) is 17.8 Å². The van der Waals surface area contributed by atoms with Crippen molar-refractivity contribution in [3.63, 3.8) is 0 Å². The standard InChI is InChI=1S/C20H36O2/c1-7-18(4,21)13-9-16-19(5)12-8-11-17(2,3)15(19)10-14-20(16,6)22/h7,15-16,21-22H,1,8-14H2,2-6H3/t15-,16+,18+,19-,20+/m1/s1. The molecule has 22 heavy (non-hydrogen) atoms. The first-order valence-corrected chi connectivity index (χ1v) is 9.03. The van der Waals surface area contributed by atoms with Gasteiger partial charge in [-0.3, -0.25) is 0 Å². The minimum atomic E-state index is -0.830. The summed E-state index contributed by atoms with van der Waals surface area (Å²) >= 11 is 0. The summed E-state index contributed by atoms with van der Waals surface area (Å²) in [5.41, 5.74) is -0.900. The zero-order valence-corrected chi connectivity index (χ0v) is 15.3. The molecular formula is C20H36O2. The lowest BCUT2D eigenvalue weighted by Gasteiger charge is -2.61. The Bertz CT molecular complexity index is 421. The van der Waals surface area contributed by atoms with E-state index in [-0.39, 0.29) is 11.3 Å². The molecule has 2 saturated carbocycles. The van der Waals surface area contributed by atoms with Gasteiger partial charge in [-0.2, -0.15) is 0 Å². The molecule has 2 nitrogen and oxygen atoms in total. The van der Waals surface area contributed by atoms with Crippen molar-refractivity contribution in [1.29, 1.82) is 0 Å². The van der Waals surface area contributed by atoms with Crippen molar-refractivity contribution >= 4 is 0 Å². The lowest BCUT2D eigenvalue weighted by Crippen LogP contribution is -2.57. The van der Waals surface area contributed by atoms with Crippen molar-refractivity contribution in [3.8, 4) is 0 Å². The van der Waals surface area contributed by atoms with Crippen LogP contribution >= 0.6 is 0 Å². The van der Waals surface area contributed by atoms with Crippen molar-refractivity contribution in [2.45, 2.75) is 90.8 Å². The Balaban J connectivity index is 2.28. The maximum absolute atomic E-state index is 11.1. The van der Waals surface area contributed by atoms with E-state index in [2.05, 4.69) is 27.4 Å². The van der Waals surface area contributed by atoms with Gasteiger partial charge in [0.1, 0.15) is 0 Å². The summed E-state index contributed by atoms with van der Waals surface area (Å²) in [5, 5.41) is 21.4. The Kier molecular flexibility index (Phi) is 4.61. The molecule has 0 bridgehead atoms. The number of fused-ring (bicyclic) bond motifs is 1. The van der Waals surface area contributed by atoms with Crippen LogP contribution in [0.15, 0.2) is 12.7 Å². The first-order chi connectivity index (χ1) is 9.95. The Hall–Kier alpha value is -0.340. The predicted molar refractivity (Wildman–Crippen MR) is 92.6 cm³/mol. The quantitative estimate of drug-likeness (QED) is 0.739. The van der Waals surface area contributed by atoms with Gasteiger partial charge >= 0.3 is 0 Å². The van der Waals surface area contributed by atoms with Gasteiger partial charge in [-0.25, -0.2) is 0 Å². The zero-order chi connectivity index (χ0) is 16.8. The predicted octanol–water partition coefficient (Wildman–Crippen LogP) is 4.70. The highest BCUT2D eigenvalue weighted by Crippen LogP contribution is 2.63. The van der Waals surface area contributed by atoms with Crippen LogP contribution in [0.3, 0.4) is 0 Å². The zero-order valence-electron chi connectivity index (χ0n) is 15.3. The molecule has 2 fully saturated rings. The molecule has 0 amide bonds. The maximum atomic E-state index is 11.1. The molecule has 128 valence electrons. The number of aliphatic hydroxyl groups is 2. The second-order valence-corrected chi connectivity index (χ2v) is 9.45. The topological polar surface area (TPSA) is 40.5 Å². The Morgan fingerprint density at radius 3 is 2.41 bits per heavy atom. The third-order valence-electron chi connectivity index (χ3n) is 7.14. The maximum Gasteiger partial charge on any atom is 0.0797 e. The molecule has 0 aromatic heterocycles. The molecule has 0 spiro atoms. The van der Waals surface area contributed by atoms with Crippen LogP contribution in [-0.2, 0) is 0 Å². The van der Waals surface area contributed by atoms with E-state index in [0.717, 1.165) is 19.3 Å². The molecule has 2 N–H and O–H groups in total. The van der Waals surface area contributed by atoms with E-state index < -0.39 is 11.2 Å². The molecule has 0 aromatic rings. The second-order valence-electron chi connectivity index (χ2n) is 9.45. The highest BCUT2D eigenvalue weighted by molar-refractivity contribution is 5.08. The van der Waals surface area contributed by atoms with Gasteiger partial charge in [0.05, 0.1) is 11.2 Å². The highest BCUT2D eigenvalue weighted by Gasteiger charge is 2.57. The lowest BCUT2D eigenvalue weighted by atomic mass is 9.45. The summed E-state index contributed by atoms with van der Waals surface area (Å²) in [6.45, 7) is 14.8. The first kappa shape index (κ1) is 18.0. The summed E-state index contributed by atoms with van der Waals surface area (Å²) in [5.74, 6) is 0.928. The SMILES string of the molecule is C=C[C@](C)(O)CC[C@H]1[C@]2(C)CCCC(C)(C)[C@H]2CC[C@]1(C)O. The largest absolute Gasteiger partial charge is 0.390 e. The average Bonchev–Trinajstić information content (AvgIpc) is 2.35. The molecule has 0 aliphatic heterocycles. The lowest BCUT2D eigenvalue weighted by molar-refractivity contribution is -0.171. The van der Waals surface area contributed by atoms with Crippen molar-refractivity contribution < 1.29 is 10.2 Å². The minimum absolute atomic E-state index is 0.181. The van der Waals surface area contributed by atoms with Gasteiger partial charge in [0.25, 0.3) is 0 Å². The van der Waals surface area contributed by atoms with Crippen LogP contribution in [0.1, 0.15) is 79.6 Å². The van der Waals surface area contributed by atoms with E-state index in [4.69, 9.17) is 0 Å². The molecule has 0 radical (unpaired) electrons. The fraction of sp³-hybridized carbons (Fsp3) is 0.900. The second kappa shape index (κ2) is 5.63. The monoisotopic (exact) mass is 308 g/mol. The third-order valence-corrected chi connectivity index (χ3v) is 7.14. The molecule has 2 rings (SSSR count). The molecule has 0 unspecified atom stereocenters. The molecule has 0 heterocycles. The molecule has 0 aromatic carbocycles. The van der Waals surface area contributed by atoms with Crippen molar-refractivity contribution in [2.24, 2.45) is 22.7 Å². The summed E-state index contributed by atoms with van der Waals surface area (Å²) in [4.78, 5) is 0. The Labute approximate surface area is 137 Å². The van der Waals surface area contributed by atoms with Crippen molar-refractivity contribution in [2.75, 3.05) is 0 Å². The van der Waals surface area contributed by atoms with Crippen molar-refractivity contribution in [3.05, 3.63) is 12.7 Å². The van der Waals surface area contributed by atoms with E-state index in [1.165, 1.54) is 19.3 Å². The summed E-state index contributed by atoms with van der Waals surface area (Å²) in [6.07, 6.45) is 8.96. The Morgan fingerprint density at radius 1 is 1.18 bits per heavy atom. The van der Waals surface area contributed by atoms with E-state index in [1.54, 1.807) is 6.08 Å². The van der Waals surface area contributed by atoms with Crippen molar-refractivity contribution in [1.82, 2.24) is 0 Å². The van der Waals surface area contributed by atoms with Gasteiger partial charge in [-0.1, -0.05) is 33.3 Å². The molecule has 0 saturated heterocycles. The van der Waals surface area contributed by atoms with E-state index >= 15 is 0 Å². The molecule has 2 aliphatic rings. The van der Waals surface area contributed by atoms with E-state index in [9.17, 15) is 10.2 Å². The summed E-state index contributed by atoms with van der Waals surface area (Å²) < 4.78 is 0. The summed E-state index contributed by atoms with van der Waals surface area (Å²) in [7, 11) is 0. The van der Waals surface area contributed by atoms with Gasteiger partial charge < -0.3 is 10.2 Å². The first-order valence-electron chi connectivity index (χ1n) is 9.03. The van der Waals surface area contributed by atoms with Gasteiger partial charge in [-0.15, -0.1) is 6.58 Å². The fourth-order valence-electron chi connectivity index (χ4n) is 5.80. The average molecular weight is 309 g/mol. The normalized spacial score (nSPS) is 44.0. The van der Waals surface area contributed by atoms with Gasteiger partial charge in [0, 0.05) is 0 Å². The number of hydrogen-bond acceptors (Lipinski definition) is 2. The smallest absolute Gasteiger partial charge is 0.0797 e. The van der Waals surface area contributed by atoms with Gasteiger partial charge in [-0.05, 0) is 75.0 Å². The number of hydrogen-bond donors (Lipinski definition) is 2. The van der Waals surface area contributed by atoms with Crippen LogP contribution in [0.5, 0.6) is 0 Å². The van der Waals surface area contributed by atoms with Crippen LogP contribution in [-0.4, -0.2) is 21.4 Å². The molecule has 5 atom stereocenters. The third kappa shape index (κ3) is 3.14. The molecular weight excluding hydrogens is 272 g/mol. The number of rotatable bonds is 4. The van der Waals surface area contributed by atoms with Crippen LogP contribution in [0.25, 0.3) is 0 Å². The molecule has 2 heteroatoms. The van der Waals surface area contributed by atoms with Gasteiger partial charge in [0.15, 0.2) is 0 Å². The van der Waals surface area contributed by atoms with Crippen LogP contribution in [0.4, 0.5) is 0 Å². The molecule has 2 aliphatic carbocycles. The van der Waals surface area contributed by atoms with E-state index in [1.807, 2.05) is 13.8 Å². The van der Waals surface area contributed by atoms with Gasteiger partial charge in [0.2, 0.25) is 0 Å². The highest BCUT2D eigenvalue weighted by atomic mass is 16.3. The van der Waals surface area contributed by atoms with Crippen LogP contribution < -0.4 is 0 Å².